The van der Waals surface area contributed by atoms with Crippen molar-refractivity contribution >= 4 is 22.7 Å². The second-order valence-electron chi connectivity index (χ2n) is 9.80. The lowest BCUT2D eigenvalue weighted by atomic mass is 9.70. The van der Waals surface area contributed by atoms with E-state index < -0.39 is 0 Å². The van der Waals surface area contributed by atoms with Crippen LogP contribution in [0.5, 0.6) is 5.75 Å². The van der Waals surface area contributed by atoms with E-state index in [1.807, 2.05) is 44.2 Å². The lowest BCUT2D eigenvalue weighted by Gasteiger charge is -2.40. The lowest BCUT2D eigenvalue weighted by Crippen LogP contribution is -2.29. The van der Waals surface area contributed by atoms with Crippen molar-refractivity contribution in [1.29, 1.82) is 0 Å². The van der Waals surface area contributed by atoms with Gasteiger partial charge in [-0.3, -0.25) is 0 Å². The molecule has 0 saturated heterocycles. The zero-order chi connectivity index (χ0) is 21.5. The van der Waals surface area contributed by atoms with Crippen LogP contribution < -0.4 is 10.1 Å². The molecule has 160 valence electrons. The summed E-state index contributed by atoms with van der Waals surface area (Å²) in [5.74, 6) is 1.86. The molecule has 0 unspecified atom stereocenters. The highest BCUT2D eigenvalue weighted by molar-refractivity contribution is 5.80. The van der Waals surface area contributed by atoms with Crippen LogP contribution in [-0.2, 0) is 0 Å². The molecule has 4 nitrogen and oxygen atoms in total. The predicted octanol–water partition coefficient (Wildman–Crippen LogP) is 7.09. The summed E-state index contributed by atoms with van der Waals surface area (Å²) in [6.45, 7) is 11.0. The van der Waals surface area contributed by atoms with E-state index in [1.165, 1.54) is 12.5 Å². The fourth-order valence-electron chi connectivity index (χ4n) is 5.05. The van der Waals surface area contributed by atoms with Crippen molar-refractivity contribution in [3.63, 3.8) is 0 Å². The first-order valence-electron chi connectivity index (χ1n) is 10.9. The van der Waals surface area contributed by atoms with Crippen molar-refractivity contribution in [3.05, 3.63) is 48.3 Å². The van der Waals surface area contributed by atoms with Crippen LogP contribution in [0, 0.1) is 17.2 Å². The van der Waals surface area contributed by atoms with Gasteiger partial charge in [0.1, 0.15) is 11.3 Å². The van der Waals surface area contributed by atoms with E-state index in [4.69, 9.17) is 4.74 Å². The molecule has 0 amide bonds. The van der Waals surface area contributed by atoms with E-state index in [2.05, 4.69) is 35.6 Å². The number of hydrogen-bond donors (Lipinski definition) is 1. The normalized spacial score (nSPS) is 21.2. The average Bonchev–Trinajstić information content (AvgIpc) is 3.00. The van der Waals surface area contributed by atoms with Gasteiger partial charge in [-0.15, -0.1) is 0 Å². The number of nitrogens with zero attached hydrogens (tertiary/aromatic N) is 2. The third kappa shape index (κ3) is 4.30. The third-order valence-corrected chi connectivity index (χ3v) is 5.88. The summed E-state index contributed by atoms with van der Waals surface area (Å²) in [6, 6.07) is 13.4. The van der Waals surface area contributed by atoms with Crippen molar-refractivity contribution in [3.8, 4) is 5.75 Å². The Morgan fingerprint density at radius 3 is 2.53 bits per heavy atom. The van der Waals surface area contributed by atoms with Crippen LogP contribution in [0.4, 0.5) is 16.0 Å². The summed E-state index contributed by atoms with van der Waals surface area (Å²) in [5, 5.41) is 3.44. The highest BCUT2D eigenvalue weighted by Gasteiger charge is 2.34. The maximum absolute atomic E-state index is 14.6. The molecule has 1 aliphatic rings. The Kier molecular flexibility index (Phi) is 5.48. The van der Waals surface area contributed by atoms with Crippen molar-refractivity contribution in [1.82, 2.24) is 9.55 Å². The molecule has 0 bridgehead atoms. The average molecular weight is 410 g/mol. The second-order valence-corrected chi connectivity index (χ2v) is 9.80. The largest absolute Gasteiger partial charge is 0.491 e. The van der Waals surface area contributed by atoms with Crippen LogP contribution in [0.25, 0.3) is 11.0 Å². The van der Waals surface area contributed by atoms with Crippen LogP contribution >= 0.6 is 0 Å². The third-order valence-electron chi connectivity index (χ3n) is 5.88. The molecule has 1 fully saturated rings. The number of ether oxygens (including phenoxy) is 1. The van der Waals surface area contributed by atoms with Crippen molar-refractivity contribution < 1.29 is 9.13 Å². The molecule has 1 heterocycles. The van der Waals surface area contributed by atoms with Crippen molar-refractivity contribution in [2.24, 2.45) is 11.3 Å². The number of anilines is 2. The quantitative estimate of drug-likeness (QED) is 0.489. The van der Waals surface area contributed by atoms with Crippen molar-refractivity contribution in [2.75, 3.05) is 5.32 Å². The minimum Gasteiger partial charge on any atom is -0.491 e. The van der Waals surface area contributed by atoms with Crippen molar-refractivity contribution in [2.45, 2.75) is 66.0 Å². The minimum atomic E-state index is -0.280. The number of aromatic nitrogens is 2. The number of nitrogens with one attached hydrogen (secondary N) is 1. The van der Waals surface area contributed by atoms with Gasteiger partial charge in [0.05, 0.1) is 11.6 Å². The topological polar surface area (TPSA) is 39.1 Å². The monoisotopic (exact) mass is 409 g/mol. The maximum atomic E-state index is 14.6. The number of halogens is 1. The standard InChI is InChI=1S/C25H32FN3O/c1-16(2)30-20-11-9-18(10-12-20)27-24-28-23-21(26)7-6-8-22(23)29(24)19-13-17(3)14-25(4,5)15-19/h6-12,16-17,19H,13-15H2,1-5H3,(H,27,28)/t17-,19+/m0/s1. The highest BCUT2D eigenvalue weighted by atomic mass is 19.1. The molecule has 5 heteroatoms. The Labute approximate surface area is 178 Å². The molecule has 4 rings (SSSR count). The second kappa shape index (κ2) is 7.93. The lowest BCUT2D eigenvalue weighted by molar-refractivity contribution is 0.140. The molecule has 2 aromatic carbocycles. The zero-order valence-electron chi connectivity index (χ0n) is 18.6. The van der Waals surface area contributed by atoms with Gasteiger partial charge in [-0.25, -0.2) is 9.37 Å². The molecule has 1 N–H and O–H groups in total. The van der Waals surface area contributed by atoms with Gasteiger partial charge in [-0.1, -0.05) is 26.8 Å². The molecular formula is C25H32FN3O. The smallest absolute Gasteiger partial charge is 0.208 e. The van der Waals surface area contributed by atoms with Gasteiger partial charge in [0.2, 0.25) is 5.95 Å². The molecule has 3 aromatic rings. The number of para-hydroxylation sites is 1. The van der Waals surface area contributed by atoms with E-state index in [1.54, 1.807) is 6.07 Å². The zero-order valence-corrected chi connectivity index (χ0v) is 18.6. The van der Waals surface area contributed by atoms with Crippen LogP contribution in [0.1, 0.15) is 59.9 Å². The molecule has 1 aromatic heterocycles. The van der Waals surface area contributed by atoms with E-state index in [-0.39, 0.29) is 23.4 Å². The van der Waals surface area contributed by atoms with E-state index >= 15 is 0 Å². The van der Waals surface area contributed by atoms with Gasteiger partial charge in [-0.2, -0.15) is 0 Å². The first-order valence-corrected chi connectivity index (χ1v) is 10.9. The van der Waals surface area contributed by atoms with Crippen LogP contribution in [0.15, 0.2) is 42.5 Å². The Morgan fingerprint density at radius 1 is 1.13 bits per heavy atom. The van der Waals surface area contributed by atoms with Gasteiger partial charge < -0.3 is 14.6 Å². The first-order chi connectivity index (χ1) is 14.2. The number of rotatable bonds is 5. The fraction of sp³-hybridized carbons (Fsp3) is 0.480. The number of benzene rings is 2. The minimum absolute atomic E-state index is 0.132. The molecule has 0 spiro atoms. The Bertz CT molecular complexity index is 1020. The summed E-state index contributed by atoms with van der Waals surface area (Å²) in [4.78, 5) is 4.67. The summed E-state index contributed by atoms with van der Waals surface area (Å²) >= 11 is 0. The van der Waals surface area contributed by atoms with Gasteiger partial charge in [0.15, 0.2) is 5.82 Å². The molecule has 30 heavy (non-hydrogen) atoms. The molecule has 1 aliphatic carbocycles. The molecular weight excluding hydrogens is 377 g/mol. The van der Waals surface area contributed by atoms with Crippen LogP contribution in [0.2, 0.25) is 0 Å². The Balaban J connectivity index is 1.72. The van der Waals surface area contributed by atoms with Gasteiger partial charge >= 0.3 is 0 Å². The predicted molar refractivity (Wildman–Crippen MR) is 121 cm³/mol. The Hall–Kier alpha value is -2.56. The number of fused-ring (bicyclic) bond motifs is 1. The van der Waals surface area contributed by atoms with E-state index in [9.17, 15) is 4.39 Å². The molecule has 1 saturated carbocycles. The summed E-state index contributed by atoms with van der Waals surface area (Å²) in [5.41, 5.74) is 2.44. The van der Waals surface area contributed by atoms with Gasteiger partial charge in [0.25, 0.3) is 0 Å². The molecule has 2 atom stereocenters. The SMILES string of the molecule is CC(C)Oc1ccc(Nc2nc3c(F)cccc3n2[C@@H]2C[C@H](C)CC(C)(C)C2)cc1. The molecule has 0 radical (unpaired) electrons. The van der Waals surface area contributed by atoms with Gasteiger partial charge in [0, 0.05) is 11.7 Å². The van der Waals surface area contributed by atoms with Gasteiger partial charge in [-0.05, 0) is 80.8 Å². The van der Waals surface area contributed by atoms with E-state index in [0.717, 1.165) is 29.8 Å². The number of imidazole rings is 1. The molecule has 0 aliphatic heterocycles. The highest BCUT2D eigenvalue weighted by Crippen LogP contribution is 2.46. The fourth-order valence-corrected chi connectivity index (χ4v) is 5.05. The van der Waals surface area contributed by atoms with Crippen LogP contribution in [-0.4, -0.2) is 15.7 Å². The first kappa shape index (κ1) is 20.7. The maximum Gasteiger partial charge on any atom is 0.208 e. The summed E-state index contributed by atoms with van der Waals surface area (Å²) in [7, 11) is 0. The number of hydrogen-bond acceptors (Lipinski definition) is 3. The van der Waals surface area contributed by atoms with Crippen LogP contribution in [0.3, 0.4) is 0 Å². The summed E-state index contributed by atoms with van der Waals surface area (Å²) in [6.07, 6.45) is 3.47. The van der Waals surface area contributed by atoms with E-state index in [0.29, 0.717) is 17.4 Å². The summed E-state index contributed by atoms with van der Waals surface area (Å²) < 4.78 is 22.5. The Morgan fingerprint density at radius 2 is 1.87 bits per heavy atom.